The summed E-state index contributed by atoms with van der Waals surface area (Å²) in [4.78, 5) is 28.7. The Kier molecular flexibility index (Phi) is 4.77. The lowest BCUT2D eigenvalue weighted by Gasteiger charge is -2.09. The van der Waals surface area contributed by atoms with Crippen molar-refractivity contribution in [3.63, 3.8) is 0 Å². The number of oxime groups is 1. The smallest absolute Gasteiger partial charge is 0.274 e. The summed E-state index contributed by atoms with van der Waals surface area (Å²) >= 11 is 7.25. The van der Waals surface area contributed by atoms with Gasteiger partial charge in [-0.3, -0.25) is 14.9 Å². The van der Waals surface area contributed by atoms with Gasteiger partial charge in [0, 0.05) is 24.6 Å². The van der Waals surface area contributed by atoms with Gasteiger partial charge in [0.15, 0.2) is 0 Å². The van der Waals surface area contributed by atoms with Crippen molar-refractivity contribution in [3.05, 3.63) is 61.3 Å². The number of carbonyl (C=O) groups is 1. The second-order valence-electron chi connectivity index (χ2n) is 5.04. The molecule has 0 aliphatic carbocycles. The minimum atomic E-state index is -0.747. The van der Waals surface area contributed by atoms with E-state index < -0.39 is 11.0 Å². The molecule has 1 N–H and O–H groups in total. The number of nitro benzene ring substituents is 1. The van der Waals surface area contributed by atoms with Crippen molar-refractivity contribution in [2.45, 2.75) is 19.1 Å². The monoisotopic (exact) mass is 365 g/mol. The number of thiophene rings is 1. The first-order valence-corrected chi connectivity index (χ1v) is 8.22. The number of hydrogen-bond donors (Lipinski definition) is 1. The second kappa shape index (κ2) is 6.98. The van der Waals surface area contributed by atoms with Crippen LogP contribution in [0.25, 0.3) is 0 Å². The maximum atomic E-state index is 12.2. The largest absolute Gasteiger partial charge is 0.382 e. The fraction of sp³-hybridized carbons (Fsp3) is 0.200. The van der Waals surface area contributed by atoms with Crippen LogP contribution >= 0.6 is 22.9 Å². The zero-order valence-corrected chi connectivity index (χ0v) is 13.8. The molecule has 24 heavy (non-hydrogen) atoms. The number of para-hydroxylation sites is 1. The molecule has 1 atom stereocenters. The molecule has 0 bridgehead atoms. The summed E-state index contributed by atoms with van der Waals surface area (Å²) in [5.41, 5.74) is 1.06. The Hall–Kier alpha value is -2.45. The molecule has 3 rings (SSSR count). The molecule has 1 aliphatic rings. The Labute approximate surface area is 146 Å². The van der Waals surface area contributed by atoms with E-state index in [0.717, 1.165) is 4.88 Å². The van der Waals surface area contributed by atoms with Crippen LogP contribution in [0, 0.1) is 10.1 Å². The highest BCUT2D eigenvalue weighted by Crippen LogP contribution is 2.26. The Balaban J connectivity index is 1.58. The minimum absolute atomic E-state index is 0.0321. The predicted octanol–water partition coefficient (Wildman–Crippen LogP) is 3.12. The molecule has 0 saturated carbocycles. The zero-order chi connectivity index (χ0) is 17.1. The predicted molar refractivity (Wildman–Crippen MR) is 90.3 cm³/mol. The summed E-state index contributed by atoms with van der Waals surface area (Å²) < 4.78 is 0.636. The first kappa shape index (κ1) is 16.4. The summed E-state index contributed by atoms with van der Waals surface area (Å²) in [5.74, 6) is -0.366. The summed E-state index contributed by atoms with van der Waals surface area (Å²) in [6.07, 6.45) is -0.414. The van der Waals surface area contributed by atoms with Crippen LogP contribution in [0.5, 0.6) is 0 Å². The molecule has 1 aliphatic heterocycles. The van der Waals surface area contributed by atoms with Crippen LogP contribution in [0.15, 0.2) is 41.6 Å². The van der Waals surface area contributed by atoms with E-state index in [4.69, 9.17) is 16.4 Å². The Morgan fingerprint density at radius 1 is 1.42 bits per heavy atom. The van der Waals surface area contributed by atoms with E-state index in [0.29, 0.717) is 22.0 Å². The highest BCUT2D eigenvalue weighted by atomic mass is 35.5. The molecule has 1 unspecified atom stereocenters. The van der Waals surface area contributed by atoms with Gasteiger partial charge in [-0.05, 0) is 12.1 Å². The van der Waals surface area contributed by atoms with Crippen LogP contribution in [-0.2, 0) is 16.2 Å². The number of nitro groups is 1. The van der Waals surface area contributed by atoms with Gasteiger partial charge in [-0.25, -0.2) is 0 Å². The van der Waals surface area contributed by atoms with Gasteiger partial charge in [0.05, 0.1) is 14.1 Å². The third-order valence-electron chi connectivity index (χ3n) is 3.46. The van der Waals surface area contributed by atoms with E-state index in [1.165, 1.54) is 17.4 Å². The summed E-state index contributed by atoms with van der Waals surface area (Å²) in [6.45, 7) is 0.0516. The van der Waals surface area contributed by atoms with Gasteiger partial charge in [0.25, 0.3) is 11.6 Å². The topological polar surface area (TPSA) is 93.8 Å². The molecule has 0 radical (unpaired) electrons. The second-order valence-corrected chi connectivity index (χ2v) is 6.76. The average molecular weight is 366 g/mol. The van der Waals surface area contributed by atoms with E-state index in [2.05, 4.69) is 10.5 Å². The third kappa shape index (κ3) is 3.55. The Morgan fingerprint density at radius 3 is 2.92 bits per heavy atom. The molecule has 2 aromatic rings. The molecule has 0 fully saturated rings. The number of amides is 1. The van der Waals surface area contributed by atoms with Gasteiger partial charge in [-0.1, -0.05) is 35.0 Å². The third-order valence-corrected chi connectivity index (χ3v) is 4.74. The van der Waals surface area contributed by atoms with Gasteiger partial charge in [-0.2, -0.15) is 0 Å². The average Bonchev–Trinajstić information content (AvgIpc) is 3.21. The van der Waals surface area contributed by atoms with Crippen molar-refractivity contribution < 1.29 is 14.6 Å². The number of benzene rings is 1. The van der Waals surface area contributed by atoms with E-state index in [1.54, 1.807) is 24.3 Å². The van der Waals surface area contributed by atoms with Gasteiger partial charge in [0.2, 0.25) is 6.10 Å². The molecule has 1 aromatic carbocycles. The van der Waals surface area contributed by atoms with E-state index >= 15 is 0 Å². The maximum Gasteiger partial charge on any atom is 0.274 e. The molecule has 0 spiro atoms. The van der Waals surface area contributed by atoms with Crippen LogP contribution in [0.1, 0.15) is 16.9 Å². The molecule has 0 saturated heterocycles. The lowest BCUT2D eigenvalue weighted by Crippen LogP contribution is -2.34. The normalized spacial score (nSPS) is 16.4. The number of halogens is 1. The first-order chi connectivity index (χ1) is 11.5. The van der Waals surface area contributed by atoms with Gasteiger partial charge in [0.1, 0.15) is 5.71 Å². The Morgan fingerprint density at radius 2 is 2.21 bits per heavy atom. The van der Waals surface area contributed by atoms with Crippen molar-refractivity contribution in [2.24, 2.45) is 5.16 Å². The van der Waals surface area contributed by atoms with Crippen molar-refractivity contribution in [3.8, 4) is 0 Å². The molecule has 1 aromatic heterocycles. The van der Waals surface area contributed by atoms with E-state index in [-0.39, 0.29) is 18.1 Å². The highest BCUT2D eigenvalue weighted by molar-refractivity contribution is 7.18. The van der Waals surface area contributed by atoms with Crippen molar-refractivity contribution >= 4 is 40.2 Å². The van der Waals surface area contributed by atoms with Crippen molar-refractivity contribution in [2.75, 3.05) is 0 Å². The van der Waals surface area contributed by atoms with Crippen LogP contribution in [0.4, 0.5) is 5.69 Å². The highest BCUT2D eigenvalue weighted by Gasteiger charge is 2.29. The molecule has 7 nitrogen and oxygen atoms in total. The van der Waals surface area contributed by atoms with Gasteiger partial charge < -0.3 is 10.2 Å². The number of carbonyl (C=O) groups excluding carboxylic acids is 1. The summed E-state index contributed by atoms with van der Waals surface area (Å²) in [6, 6.07) is 9.84. The zero-order valence-electron chi connectivity index (χ0n) is 12.3. The molecular formula is C15H12ClN3O4S. The molecule has 2 heterocycles. The standard InChI is InChI=1S/C15H12ClN3O4S/c16-14-6-5-13(24-14)10-7-12(23-18-10)15(20)17-8-9-3-1-2-4-11(9)19(21)22/h1-6,12H,7-8H2,(H,17,20). The number of rotatable bonds is 5. The van der Waals surface area contributed by atoms with Crippen LogP contribution in [0.3, 0.4) is 0 Å². The maximum absolute atomic E-state index is 12.2. The first-order valence-electron chi connectivity index (χ1n) is 7.03. The minimum Gasteiger partial charge on any atom is -0.382 e. The van der Waals surface area contributed by atoms with E-state index in [1.807, 2.05) is 6.07 Å². The summed E-state index contributed by atoms with van der Waals surface area (Å²) in [7, 11) is 0. The van der Waals surface area contributed by atoms with Crippen molar-refractivity contribution in [1.29, 1.82) is 0 Å². The fourth-order valence-electron chi connectivity index (χ4n) is 2.27. The number of nitrogens with zero attached hydrogens (tertiary/aromatic N) is 2. The lowest BCUT2D eigenvalue weighted by atomic mass is 10.1. The summed E-state index contributed by atoms with van der Waals surface area (Å²) in [5, 5.41) is 17.5. The molecule has 1 amide bonds. The number of hydrogen-bond acceptors (Lipinski definition) is 6. The fourth-order valence-corrected chi connectivity index (χ4v) is 3.30. The van der Waals surface area contributed by atoms with Gasteiger partial charge >= 0.3 is 0 Å². The molecule has 9 heteroatoms. The molecular weight excluding hydrogens is 354 g/mol. The van der Waals surface area contributed by atoms with Gasteiger partial charge in [-0.15, -0.1) is 11.3 Å². The number of nitrogens with one attached hydrogen (secondary N) is 1. The van der Waals surface area contributed by atoms with Crippen LogP contribution < -0.4 is 5.32 Å². The van der Waals surface area contributed by atoms with Crippen molar-refractivity contribution in [1.82, 2.24) is 5.32 Å². The Bertz CT molecular complexity index is 821. The van der Waals surface area contributed by atoms with E-state index in [9.17, 15) is 14.9 Å². The van der Waals surface area contributed by atoms with Crippen LogP contribution in [0.2, 0.25) is 4.34 Å². The van der Waals surface area contributed by atoms with Crippen LogP contribution in [-0.4, -0.2) is 22.6 Å². The SMILES string of the molecule is O=C(NCc1ccccc1[N+](=O)[O-])C1CC(c2ccc(Cl)s2)=NO1. The molecule has 124 valence electrons. The lowest BCUT2D eigenvalue weighted by molar-refractivity contribution is -0.385. The quantitative estimate of drug-likeness (QED) is 0.650.